The highest BCUT2D eigenvalue weighted by atomic mass is 79.9. The number of nitrogens with zero attached hydrogens (tertiary/aromatic N) is 5. The highest BCUT2D eigenvalue weighted by Gasteiger charge is 2.19. The lowest BCUT2D eigenvalue weighted by molar-refractivity contribution is 0.111. The number of carbonyl (C=O) groups is 1. The van der Waals surface area contributed by atoms with Crippen LogP contribution in [-0.2, 0) is 6.54 Å². The lowest BCUT2D eigenvalue weighted by Crippen LogP contribution is -2.46. The Morgan fingerprint density at radius 2 is 1.26 bits per heavy atom. The third-order valence-corrected chi connectivity index (χ3v) is 7.94. The summed E-state index contributed by atoms with van der Waals surface area (Å²) in [5.41, 5.74) is 0.527. The van der Waals surface area contributed by atoms with Crippen molar-refractivity contribution in [1.29, 1.82) is 0 Å². The molecule has 0 bridgehead atoms. The topological polar surface area (TPSA) is 130 Å². The summed E-state index contributed by atoms with van der Waals surface area (Å²) < 4.78 is 27.9. The number of anilines is 2. The van der Waals surface area contributed by atoms with E-state index < -0.39 is 5.82 Å². The molecule has 46 heavy (non-hydrogen) atoms. The molecule has 0 radical (unpaired) electrons. The van der Waals surface area contributed by atoms with E-state index in [9.17, 15) is 23.2 Å². The standard InChI is InChI=1S/C15H16BrFN4O.C8H12N4O.C7H4BrFO.CH4/c16-12-1-2-13(17)11(7-12)9-20-3-5-21(6-4-20)14-8-15(22)19-10-18-14;13-8-5-7(10-6-11-8)12-3-1-9-2-4-12;8-6-1-2-7(9)5(3-6)4-10;/h1-2,7-8,10H,3-6,9H2,(H,18,19,22);5-6,9H,1-4H2,(H,10,11,13);1-4H;1H4. The van der Waals surface area contributed by atoms with Gasteiger partial charge in [0.05, 0.1) is 18.2 Å². The van der Waals surface area contributed by atoms with Crippen molar-refractivity contribution in [2.45, 2.75) is 14.0 Å². The first-order valence-corrected chi connectivity index (χ1v) is 15.7. The first kappa shape index (κ1) is 36.7. The van der Waals surface area contributed by atoms with Crippen LogP contribution in [0.2, 0.25) is 0 Å². The van der Waals surface area contributed by atoms with Gasteiger partial charge in [-0.3, -0.25) is 19.3 Å². The zero-order valence-corrected chi connectivity index (χ0v) is 27.4. The normalized spacial score (nSPS) is 14.6. The number of aromatic nitrogens is 4. The predicted octanol–water partition coefficient (Wildman–Crippen LogP) is 4.21. The SMILES string of the molecule is C.O=Cc1cc(Br)ccc1F.O=c1cc(N2CCN(Cc3cc(Br)ccc3F)CC2)nc[nH]1.O=c1cc(N2CCNCC2)nc[nH]1. The maximum Gasteiger partial charge on any atom is 0.252 e. The second kappa shape index (κ2) is 18.4. The van der Waals surface area contributed by atoms with E-state index in [2.05, 4.69) is 71.8 Å². The van der Waals surface area contributed by atoms with Gasteiger partial charge in [0, 0.05) is 85.5 Å². The molecule has 4 heterocycles. The van der Waals surface area contributed by atoms with Crippen molar-refractivity contribution in [2.75, 3.05) is 62.2 Å². The molecule has 2 fully saturated rings. The van der Waals surface area contributed by atoms with E-state index in [1.54, 1.807) is 12.1 Å². The third kappa shape index (κ3) is 11.2. The van der Waals surface area contributed by atoms with Crippen LogP contribution in [0, 0.1) is 11.6 Å². The minimum atomic E-state index is -0.488. The van der Waals surface area contributed by atoms with Crippen LogP contribution >= 0.6 is 31.9 Å². The Hall–Kier alpha value is -3.79. The van der Waals surface area contributed by atoms with Gasteiger partial charge in [0.2, 0.25) is 0 Å². The molecule has 6 rings (SSSR count). The van der Waals surface area contributed by atoms with E-state index in [1.807, 2.05) is 6.07 Å². The van der Waals surface area contributed by atoms with E-state index in [0.717, 1.165) is 62.6 Å². The number of H-pyrrole nitrogens is 2. The Kier molecular flexibility index (Phi) is 14.7. The molecule has 0 saturated carbocycles. The van der Waals surface area contributed by atoms with Crippen molar-refractivity contribution in [3.05, 3.63) is 114 Å². The van der Waals surface area contributed by atoms with Crippen molar-refractivity contribution in [3.8, 4) is 0 Å². The van der Waals surface area contributed by atoms with Crippen LogP contribution in [-0.4, -0.2) is 83.5 Å². The molecule has 0 amide bonds. The molecular weight excluding hydrogens is 730 g/mol. The smallest absolute Gasteiger partial charge is 0.252 e. The third-order valence-electron chi connectivity index (χ3n) is 6.95. The van der Waals surface area contributed by atoms with Crippen LogP contribution in [0.1, 0.15) is 23.3 Å². The van der Waals surface area contributed by atoms with Crippen LogP contribution in [0.4, 0.5) is 20.4 Å². The Balaban J connectivity index is 0.000000204. The number of carbonyl (C=O) groups excluding carboxylic acids is 1. The van der Waals surface area contributed by atoms with Crippen LogP contribution < -0.4 is 26.2 Å². The van der Waals surface area contributed by atoms with E-state index in [-0.39, 0.29) is 29.9 Å². The summed E-state index contributed by atoms with van der Waals surface area (Å²) in [6.45, 7) is 7.47. The second-order valence-electron chi connectivity index (χ2n) is 10.1. The first-order valence-electron chi connectivity index (χ1n) is 14.1. The van der Waals surface area contributed by atoms with Crippen LogP contribution in [0.25, 0.3) is 0 Å². The molecule has 0 spiro atoms. The number of nitrogens with one attached hydrogen (secondary N) is 3. The number of benzene rings is 2. The molecule has 2 aliphatic heterocycles. The number of aromatic amines is 2. The van der Waals surface area contributed by atoms with Crippen molar-refractivity contribution < 1.29 is 13.6 Å². The maximum atomic E-state index is 13.8. The summed E-state index contributed by atoms with van der Waals surface area (Å²) in [7, 11) is 0. The van der Waals surface area contributed by atoms with Gasteiger partial charge >= 0.3 is 0 Å². The van der Waals surface area contributed by atoms with Crippen molar-refractivity contribution in [3.63, 3.8) is 0 Å². The van der Waals surface area contributed by atoms with Crippen LogP contribution in [0.3, 0.4) is 0 Å². The summed E-state index contributed by atoms with van der Waals surface area (Å²) in [5.74, 6) is 0.794. The van der Waals surface area contributed by atoms with Crippen LogP contribution in [0.5, 0.6) is 0 Å². The van der Waals surface area contributed by atoms with Gasteiger partial charge < -0.3 is 25.1 Å². The average Bonchev–Trinajstić information content (AvgIpc) is 3.05. The largest absolute Gasteiger partial charge is 0.354 e. The van der Waals surface area contributed by atoms with Gasteiger partial charge in [-0.2, -0.15) is 0 Å². The fourth-order valence-electron chi connectivity index (χ4n) is 4.60. The average molecular weight is 766 g/mol. The summed E-state index contributed by atoms with van der Waals surface area (Å²) in [6.07, 6.45) is 3.35. The summed E-state index contributed by atoms with van der Waals surface area (Å²) >= 11 is 6.49. The molecule has 15 heteroatoms. The minimum Gasteiger partial charge on any atom is -0.354 e. The summed E-state index contributed by atoms with van der Waals surface area (Å²) in [6, 6.07) is 12.3. The summed E-state index contributed by atoms with van der Waals surface area (Å²) in [4.78, 5) is 52.1. The molecule has 2 aromatic heterocycles. The number of halogens is 4. The molecule has 2 aliphatic rings. The van der Waals surface area contributed by atoms with Crippen molar-refractivity contribution >= 4 is 49.8 Å². The lowest BCUT2D eigenvalue weighted by Gasteiger charge is -2.35. The predicted molar refractivity (Wildman–Crippen MR) is 183 cm³/mol. The van der Waals surface area contributed by atoms with Gasteiger partial charge in [-0.1, -0.05) is 39.3 Å². The molecule has 3 N–H and O–H groups in total. The number of hydrogen-bond acceptors (Lipinski definition) is 9. The zero-order valence-electron chi connectivity index (χ0n) is 24.2. The molecule has 4 aromatic rings. The Morgan fingerprint density at radius 1 is 0.739 bits per heavy atom. The van der Waals surface area contributed by atoms with Gasteiger partial charge in [0.15, 0.2) is 6.29 Å². The van der Waals surface area contributed by atoms with E-state index in [4.69, 9.17) is 0 Å². The minimum absolute atomic E-state index is 0. The fraction of sp³-hybridized carbons (Fsp3) is 0.323. The van der Waals surface area contributed by atoms with Crippen LogP contribution in [0.15, 0.2) is 79.7 Å². The molecular formula is C31H36Br2F2N8O3. The lowest BCUT2D eigenvalue weighted by atomic mass is 10.2. The van der Waals surface area contributed by atoms with Gasteiger partial charge in [-0.15, -0.1) is 0 Å². The Labute approximate surface area is 282 Å². The van der Waals surface area contributed by atoms with E-state index in [1.165, 1.54) is 43.0 Å². The molecule has 2 aromatic carbocycles. The summed E-state index contributed by atoms with van der Waals surface area (Å²) in [5, 5.41) is 3.24. The Bertz CT molecular complexity index is 1680. The van der Waals surface area contributed by atoms with Crippen molar-refractivity contribution in [1.82, 2.24) is 30.2 Å². The molecule has 0 atom stereocenters. The van der Waals surface area contributed by atoms with Gasteiger partial charge in [-0.05, 0) is 36.4 Å². The number of hydrogen-bond donors (Lipinski definition) is 3. The van der Waals surface area contributed by atoms with E-state index in [0.29, 0.717) is 28.7 Å². The highest BCUT2D eigenvalue weighted by Crippen LogP contribution is 2.19. The van der Waals surface area contributed by atoms with E-state index >= 15 is 0 Å². The number of rotatable bonds is 5. The molecule has 0 aliphatic carbocycles. The van der Waals surface area contributed by atoms with Gasteiger partial charge in [-0.25, -0.2) is 18.7 Å². The molecule has 246 valence electrons. The first-order chi connectivity index (χ1) is 21.7. The maximum absolute atomic E-state index is 13.8. The quantitative estimate of drug-likeness (QED) is 0.256. The molecule has 2 saturated heterocycles. The van der Waals surface area contributed by atoms with Gasteiger partial charge in [0.25, 0.3) is 11.1 Å². The molecule has 0 unspecified atom stereocenters. The molecule has 11 nitrogen and oxygen atoms in total. The monoisotopic (exact) mass is 764 g/mol. The zero-order chi connectivity index (χ0) is 32.2. The number of aldehydes is 1. The van der Waals surface area contributed by atoms with Crippen molar-refractivity contribution in [2.24, 2.45) is 0 Å². The number of piperazine rings is 2. The second-order valence-corrected chi connectivity index (χ2v) is 11.9. The fourth-order valence-corrected chi connectivity index (χ4v) is 5.39. The Morgan fingerprint density at radius 3 is 1.78 bits per heavy atom. The highest BCUT2D eigenvalue weighted by molar-refractivity contribution is 9.10. The van der Waals surface area contributed by atoms with Gasteiger partial charge in [0.1, 0.15) is 23.3 Å².